The Kier molecular flexibility index (Phi) is 5.98. The third-order valence-electron chi connectivity index (χ3n) is 2.81. The van der Waals surface area contributed by atoms with Crippen molar-refractivity contribution in [2.45, 2.75) is 33.2 Å². The molecule has 1 N–H and O–H groups in total. The average Bonchev–Trinajstić information content (AvgIpc) is 2.34. The first-order valence-electron chi connectivity index (χ1n) is 6.41. The molecule has 96 valence electrons. The highest BCUT2D eigenvalue weighted by Crippen LogP contribution is 2.18. The lowest BCUT2D eigenvalue weighted by molar-refractivity contribution is 0.530. The Labute approximate surface area is 104 Å². The molecule has 1 atom stereocenters. The van der Waals surface area contributed by atoms with Gasteiger partial charge < -0.3 is 10.2 Å². The van der Waals surface area contributed by atoms with Crippen LogP contribution in [0.3, 0.4) is 0 Å². The number of benzene rings is 1. The number of para-hydroxylation sites is 1. The Bertz CT molecular complexity index is 328. The lowest BCUT2D eigenvalue weighted by Crippen LogP contribution is -2.39. The van der Waals surface area contributed by atoms with E-state index in [2.05, 4.69) is 31.0 Å². The Balaban J connectivity index is 2.62. The summed E-state index contributed by atoms with van der Waals surface area (Å²) in [6.07, 6.45) is 1.12. The van der Waals surface area contributed by atoms with Crippen molar-refractivity contribution in [2.75, 3.05) is 24.5 Å². The van der Waals surface area contributed by atoms with Gasteiger partial charge in [0.2, 0.25) is 0 Å². The van der Waals surface area contributed by atoms with Crippen LogP contribution in [0.15, 0.2) is 24.3 Å². The molecule has 0 fully saturated rings. The first-order valence-corrected chi connectivity index (χ1v) is 6.41. The van der Waals surface area contributed by atoms with E-state index in [1.165, 1.54) is 6.07 Å². The van der Waals surface area contributed by atoms with Crippen LogP contribution in [0.1, 0.15) is 27.2 Å². The fourth-order valence-corrected chi connectivity index (χ4v) is 1.89. The van der Waals surface area contributed by atoms with Crippen LogP contribution in [0.4, 0.5) is 10.1 Å². The highest BCUT2D eigenvalue weighted by atomic mass is 19.1. The third-order valence-corrected chi connectivity index (χ3v) is 2.81. The molecule has 1 aromatic rings. The summed E-state index contributed by atoms with van der Waals surface area (Å²) in [5.41, 5.74) is 0.695. The van der Waals surface area contributed by atoms with Crippen molar-refractivity contribution >= 4 is 5.69 Å². The number of halogens is 1. The minimum atomic E-state index is -0.142. The minimum absolute atomic E-state index is 0.142. The fourth-order valence-electron chi connectivity index (χ4n) is 1.89. The number of likely N-dealkylation sites (N-methyl/N-ethyl adjacent to an activating group) is 1. The van der Waals surface area contributed by atoms with E-state index in [4.69, 9.17) is 0 Å². The van der Waals surface area contributed by atoms with Crippen LogP contribution in [-0.4, -0.2) is 25.7 Å². The van der Waals surface area contributed by atoms with E-state index < -0.39 is 0 Å². The largest absolute Gasteiger partial charge is 0.368 e. The molecule has 0 spiro atoms. The van der Waals surface area contributed by atoms with Crippen LogP contribution in [0.25, 0.3) is 0 Å². The zero-order valence-electron chi connectivity index (χ0n) is 11.0. The zero-order chi connectivity index (χ0) is 12.7. The van der Waals surface area contributed by atoms with Crippen LogP contribution in [0.2, 0.25) is 0 Å². The number of hydrogen-bond donors (Lipinski definition) is 1. The van der Waals surface area contributed by atoms with Gasteiger partial charge in [-0.2, -0.15) is 0 Å². The predicted molar refractivity (Wildman–Crippen MR) is 72.0 cm³/mol. The molecule has 2 nitrogen and oxygen atoms in total. The SMILES string of the molecule is CCCNC(C)CN(CC)c1ccccc1F. The summed E-state index contributed by atoms with van der Waals surface area (Å²) in [7, 11) is 0. The monoisotopic (exact) mass is 238 g/mol. The second kappa shape index (κ2) is 7.28. The van der Waals surface area contributed by atoms with Gasteiger partial charge in [-0.3, -0.25) is 0 Å². The van der Waals surface area contributed by atoms with Gasteiger partial charge in [0.15, 0.2) is 0 Å². The second-order valence-corrected chi connectivity index (χ2v) is 4.35. The van der Waals surface area contributed by atoms with Crippen molar-refractivity contribution < 1.29 is 4.39 Å². The quantitative estimate of drug-likeness (QED) is 0.785. The van der Waals surface area contributed by atoms with Crippen LogP contribution >= 0.6 is 0 Å². The van der Waals surface area contributed by atoms with Crippen molar-refractivity contribution in [3.63, 3.8) is 0 Å². The van der Waals surface area contributed by atoms with Gasteiger partial charge in [-0.05, 0) is 38.9 Å². The molecular formula is C14H23FN2. The maximum atomic E-state index is 13.7. The van der Waals surface area contributed by atoms with E-state index in [1.807, 2.05) is 12.1 Å². The standard InChI is InChI=1S/C14H23FN2/c1-4-10-16-12(3)11-17(5-2)14-9-7-6-8-13(14)15/h6-9,12,16H,4-5,10-11H2,1-3H3. The minimum Gasteiger partial charge on any atom is -0.368 e. The van der Waals surface area contributed by atoms with Gasteiger partial charge in [0.05, 0.1) is 5.69 Å². The van der Waals surface area contributed by atoms with Crippen LogP contribution in [-0.2, 0) is 0 Å². The van der Waals surface area contributed by atoms with Gasteiger partial charge in [-0.15, -0.1) is 0 Å². The summed E-state index contributed by atoms with van der Waals surface area (Å²) >= 11 is 0. The molecule has 0 radical (unpaired) electrons. The number of rotatable bonds is 7. The molecule has 0 aliphatic carbocycles. The van der Waals surface area contributed by atoms with Crippen molar-refractivity contribution in [1.82, 2.24) is 5.32 Å². The molecule has 0 aliphatic rings. The second-order valence-electron chi connectivity index (χ2n) is 4.35. The molecule has 0 amide bonds. The highest BCUT2D eigenvalue weighted by molar-refractivity contribution is 5.47. The molecule has 3 heteroatoms. The van der Waals surface area contributed by atoms with Crippen molar-refractivity contribution in [3.8, 4) is 0 Å². The summed E-state index contributed by atoms with van der Waals surface area (Å²) < 4.78 is 13.7. The normalized spacial score (nSPS) is 12.5. The van der Waals surface area contributed by atoms with Gasteiger partial charge in [0.25, 0.3) is 0 Å². The summed E-state index contributed by atoms with van der Waals surface area (Å²) in [4.78, 5) is 2.07. The Morgan fingerprint density at radius 2 is 2.00 bits per heavy atom. The Morgan fingerprint density at radius 1 is 1.29 bits per heavy atom. The number of anilines is 1. The van der Waals surface area contributed by atoms with Crippen molar-refractivity contribution in [3.05, 3.63) is 30.1 Å². The third kappa shape index (κ3) is 4.35. The lowest BCUT2D eigenvalue weighted by Gasteiger charge is -2.27. The van der Waals surface area contributed by atoms with Crippen molar-refractivity contribution in [2.24, 2.45) is 0 Å². The Hall–Kier alpha value is -1.09. The van der Waals surface area contributed by atoms with E-state index in [0.717, 1.165) is 26.1 Å². The zero-order valence-corrected chi connectivity index (χ0v) is 11.0. The molecule has 1 unspecified atom stereocenters. The summed E-state index contributed by atoms with van der Waals surface area (Å²) in [5, 5.41) is 3.42. The van der Waals surface area contributed by atoms with E-state index in [1.54, 1.807) is 6.07 Å². The molecule has 1 rings (SSSR count). The van der Waals surface area contributed by atoms with E-state index >= 15 is 0 Å². The predicted octanol–water partition coefficient (Wildman–Crippen LogP) is 3.04. The summed E-state index contributed by atoms with van der Waals surface area (Å²) in [6, 6.07) is 7.33. The lowest BCUT2D eigenvalue weighted by atomic mass is 10.2. The maximum absolute atomic E-state index is 13.7. The van der Waals surface area contributed by atoms with Gasteiger partial charge in [0.1, 0.15) is 5.82 Å². The number of hydrogen-bond acceptors (Lipinski definition) is 2. The van der Waals surface area contributed by atoms with E-state index in [0.29, 0.717) is 11.7 Å². The van der Waals surface area contributed by atoms with Gasteiger partial charge in [-0.25, -0.2) is 4.39 Å². The van der Waals surface area contributed by atoms with Crippen LogP contribution < -0.4 is 10.2 Å². The van der Waals surface area contributed by atoms with Gasteiger partial charge in [-0.1, -0.05) is 19.1 Å². The van der Waals surface area contributed by atoms with Crippen LogP contribution in [0.5, 0.6) is 0 Å². The van der Waals surface area contributed by atoms with E-state index in [9.17, 15) is 4.39 Å². The first-order chi connectivity index (χ1) is 8.19. The molecule has 1 aromatic carbocycles. The molecule has 0 aliphatic heterocycles. The first kappa shape index (κ1) is 14.0. The van der Waals surface area contributed by atoms with Gasteiger partial charge in [0, 0.05) is 19.1 Å². The van der Waals surface area contributed by atoms with Crippen LogP contribution in [0, 0.1) is 5.82 Å². The summed E-state index contributed by atoms with van der Waals surface area (Å²) in [5.74, 6) is -0.142. The molecule has 0 heterocycles. The molecule has 0 saturated heterocycles. The van der Waals surface area contributed by atoms with E-state index in [-0.39, 0.29) is 5.82 Å². The fraction of sp³-hybridized carbons (Fsp3) is 0.571. The topological polar surface area (TPSA) is 15.3 Å². The summed E-state index contributed by atoms with van der Waals surface area (Å²) in [6.45, 7) is 9.00. The smallest absolute Gasteiger partial charge is 0.146 e. The molecular weight excluding hydrogens is 215 g/mol. The highest BCUT2D eigenvalue weighted by Gasteiger charge is 2.12. The number of nitrogens with zero attached hydrogens (tertiary/aromatic N) is 1. The average molecular weight is 238 g/mol. The molecule has 17 heavy (non-hydrogen) atoms. The Morgan fingerprint density at radius 3 is 2.59 bits per heavy atom. The molecule has 0 aromatic heterocycles. The molecule has 0 bridgehead atoms. The molecule has 0 saturated carbocycles. The van der Waals surface area contributed by atoms with Crippen molar-refractivity contribution in [1.29, 1.82) is 0 Å². The maximum Gasteiger partial charge on any atom is 0.146 e. The number of nitrogens with one attached hydrogen (secondary N) is 1. The van der Waals surface area contributed by atoms with Gasteiger partial charge >= 0.3 is 0 Å².